The third kappa shape index (κ3) is 3.78. The summed E-state index contributed by atoms with van der Waals surface area (Å²) in [4.78, 5) is 20.7. The van der Waals surface area contributed by atoms with Crippen LogP contribution in [-0.2, 0) is 5.41 Å². The Bertz CT molecular complexity index is 921. The largest absolute Gasteiger partial charge is 0.490 e. The molecule has 0 saturated carbocycles. The van der Waals surface area contributed by atoms with Crippen molar-refractivity contribution in [1.29, 1.82) is 0 Å². The molecule has 2 N–H and O–H groups in total. The fraction of sp³-hybridized carbons (Fsp3) is 0.412. The Kier molecular flexibility index (Phi) is 4.43. The molecule has 132 valence electrons. The lowest BCUT2D eigenvalue weighted by atomic mass is 9.93. The Morgan fingerprint density at radius 2 is 2.12 bits per heavy atom. The fourth-order valence-corrected chi connectivity index (χ4v) is 2.27. The lowest BCUT2D eigenvalue weighted by molar-refractivity contribution is 0.331. The average Bonchev–Trinajstić information content (AvgIpc) is 2.94. The molecule has 3 heterocycles. The van der Waals surface area contributed by atoms with Gasteiger partial charge in [-0.1, -0.05) is 20.8 Å². The number of fused-ring (bicyclic) bond motifs is 1. The van der Waals surface area contributed by atoms with Crippen molar-refractivity contribution in [3.05, 3.63) is 46.4 Å². The molecule has 0 aliphatic rings. The first-order valence-corrected chi connectivity index (χ1v) is 8.12. The molecule has 3 aromatic rings. The van der Waals surface area contributed by atoms with E-state index in [2.05, 4.69) is 25.5 Å². The quantitative estimate of drug-likeness (QED) is 0.688. The molecule has 0 unspecified atom stereocenters. The lowest BCUT2D eigenvalue weighted by Crippen LogP contribution is -2.20. The fourth-order valence-electron chi connectivity index (χ4n) is 2.27. The summed E-state index contributed by atoms with van der Waals surface area (Å²) >= 11 is 0. The third-order valence-corrected chi connectivity index (χ3v) is 3.72. The molecular formula is C17H22N6O2. The maximum Gasteiger partial charge on any atom is 0.347 e. The molecule has 0 fully saturated rings. The van der Waals surface area contributed by atoms with E-state index in [9.17, 15) is 4.79 Å². The van der Waals surface area contributed by atoms with Crippen molar-refractivity contribution < 1.29 is 4.74 Å². The van der Waals surface area contributed by atoms with E-state index in [1.165, 1.54) is 4.40 Å². The van der Waals surface area contributed by atoms with Crippen LogP contribution in [0.4, 0.5) is 5.82 Å². The summed E-state index contributed by atoms with van der Waals surface area (Å²) in [6.07, 6.45) is 3.42. The Morgan fingerprint density at radius 1 is 1.32 bits per heavy atom. The molecule has 8 nitrogen and oxygen atoms in total. The van der Waals surface area contributed by atoms with E-state index < -0.39 is 0 Å². The molecule has 8 heteroatoms. The first-order valence-electron chi connectivity index (χ1n) is 8.12. The van der Waals surface area contributed by atoms with E-state index >= 15 is 0 Å². The number of ether oxygens (including phenoxy) is 1. The molecule has 0 aliphatic heterocycles. The number of aryl methyl sites for hydroxylation is 1. The molecule has 3 aromatic heterocycles. The van der Waals surface area contributed by atoms with E-state index in [1.54, 1.807) is 12.4 Å². The second-order valence-electron chi connectivity index (χ2n) is 6.86. The summed E-state index contributed by atoms with van der Waals surface area (Å²) in [6.45, 7) is 9.02. The van der Waals surface area contributed by atoms with Gasteiger partial charge in [-0.3, -0.25) is 4.98 Å². The standard InChI is InChI=1S/C17H22N6O2/c1-11-5-6-12(9-19-11)25-8-7-18-14-15-21-22-16(24)23(15)10-13(20-14)17(2,3)4/h5-6,9-10H,7-8H2,1-4H3,(H,18,20)(H,22,24). The van der Waals surface area contributed by atoms with E-state index in [0.717, 1.165) is 11.4 Å². The summed E-state index contributed by atoms with van der Waals surface area (Å²) in [5.74, 6) is 1.27. The molecular weight excluding hydrogens is 320 g/mol. The van der Waals surface area contributed by atoms with Gasteiger partial charge in [-0.05, 0) is 19.1 Å². The molecule has 0 bridgehead atoms. The smallest absolute Gasteiger partial charge is 0.347 e. The highest BCUT2D eigenvalue weighted by Gasteiger charge is 2.19. The molecule has 0 aliphatic carbocycles. The first-order chi connectivity index (χ1) is 11.8. The van der Waals surface area contributed by atoms with E-state index in [-0.39, 0.29) is 11.1 Å². The van der Waals surface area contributed by atoms with Crippen LogP contribution in [0.15, 0.2) is 29.3 Å². The van der Waals surface area contributed by atoms with Crippen molar-refractivity contribution in [1.82, 2.24) is 24.6 Å². The van der Waals surface area contributed by atoms with Crippen LogP contribution in [0, 0.1) is 6.92 Å². The number of anilines is 1. The van der Waals surface area contributed by atoms with Crippen LogP contribution in [0.3, 0.4) is 0 Å². The Morgan fingerprint density at radius 3 is 2.80 bits per heavy atom. The zero-order chi connectivity index (χ0) is 18.0. The highest BCUT2D eigenvalue weighted by Crippen LogP contribution is 2.22. The van der Waals surface area contributed by atoms with Gasteiger partial charge in [-0.15, -0.1) is 5.10 Å². The van der Waals surface area contributed by atoms with Crippen molar-refractivity contribution in [2.24, 2.45) is 0 Å². The highest BCUT2D eigenvalue weighted by molar-refractivity contribution is 5.62. The Labute approximate surface area is 145 Å². The SMILES string of the molecule is Cc1ccc(OCCNc2nc(C(C)(C)C)cn3c(=O)[nH]nc23)cn1. The lowest BCUT2D eigenvalue weighted by Gasteiger charge is -2.19. The van der Waals surface area contributed by atoms with Crippen LogP contribution >= 0.6 is 0 Å². The van der Waals surface area contributed by atoms with Gasteiger partial charge in [-0.25, -0.2) is 19.3 Å². The minimum atomic E-state index is -0.284. The monoisotopic (exact) mass is 342 g/mol. The number of aromatic amines is 1. The molecule has 0 radical (unpaired) electrons. The molecule has 0 amide bonds. The predicted octanol–water partition coefficient (Wildman–Crippen LogP) is 1.91. The van der Waals surface area contributed by atoms with Crippen molar-refractivity contribution in [2.45, 2.75) is 33.1 Å². The number of nitrogens with zero attached hydrogens (tertiary/aromatic N) is 4. The number of hydrogen-bond acceptors (Lipinski definition) is 6. The molecule has 0 aromatic carbocycles. The number of rotatable bonds is 5. The van der Waals surface area contributed by atoms with Gasteiger partial charge in [-0.2, -0.15) is 0 Å². The van der Waals surface area contributed by atoms with Crippen molar-refractivity contribution in [2.75, 3.05) is 18.5 Å². The average molecular weight is 342 g/mol. The van der Waals surface area contributed by atoms with Gasteiger partial charge in [0.25, 0.3) is 0 Å². The third-order valence-electron chi connectivity index (χ3n) is 3.72. The summed E-state index contributed by atoms with van der Waals surface area (Å²) in [7, 11) is 0. The minimum Gasteiger partial charge on any atom is -0.490 e. The van der Waals surface area contributed by atoms with E-state index in [1.807, 2.05) is 39.8 Å². The topological polar surface area (TPSA) is 97.2 Å². The van der Waals surface area contributed by atoms with Crippen LogP contribution in [0.5, 0.6) is 5.75 Å². The Hall–Kier alpha value is -2.90. The maximum atomic E-state index is 11.9. The van der Waals surface area contributed by atoms with Crippen LogP contribution in [0.25, 0.3) is 5.65 Å². The van der Waals surface area contributed by atoms with Gasteiger partial charge >= 0.3 is 5.69 Å². The summed E-state index contributed by atoms with van der Waals surface area (Å²) < 4.78 is 7.12. The molecule has 3 rings (SSSR count). The second kappa shape index (κ2) is 6.54. The zero-order valence-electron chi connectivity index (χ0n) is 14.8. The summed E-state index contributed by atoms with van der Waals surface area (Å²) in [5, 5.41) is 9.69. The number of H-pyrrole nitrogens is 1. The molecule has 25 heavy (non-hydrogen) atoms. The van der Waals surface area contributed by atoms with Crippen LogP contribution < -0.4 is 15.7 Å². The number of hydrogen-bond donors (Lipinski definition) is 2. The molecule has 0 atom stereocenters. The van der Waals surface area contributed by atoms with Crippen molar-refractivity contribution in [3.8, 4) is 5.75 Å². The summed E-state index contributed by atoms with van der Waals surface area (Å²) in [5.41, 5.74) is 1.74. The second-order valence-corrected chi connectivity index (χ2v) is 6.86. The predicted molar refractivity (Wildman–Crippen MR) is 95.3 cm³/mol. The van der Waals surface area contributed by atoms with Gasteiger partial charge < -0.3 is 10.1 Å². The van der Waals surface area contributed by atoms with Crippen LogP contribution in [-0.4, -0.2) is 37.7 Å². The summed E-state index contributed by atoms with van der Waals surface area (Å²) in [6, 6.07) is 3.78. The number of aromatic nitrogens is 5. The first kappa shape index (κ1) is 16.9. The normalized spacial score (nSPS) is 11.7. The van der Waals surface area contributed by atoms with E-state index in [4.69, 9.17) is 4.74 Å². The van der Waals surface area contributed by atoms with Gasteiger partial charge in [0.05, 0.1) is 18.4 Å². The highest BCUT2D eigenvalue weighted by atomic mass is 16.5. The van der Waals surface area contributed by atoms with Gasteiger partial charge in [0, 0.05) is 17.3 Å². The van der Waals surface area contributed by atoms with Gasteiger partial charge in [0.1, 0.15) is 12.4 Å². The number of nitrogens with one attached hydrogen (secondary N) is 2. The zero-order valence-corrected chi connectivity index (χ0v) is 14.8. The molecule has 0 saturated heterocycles. The molecule has 0 spiro atoms. The van der Waals surface area contributed by atoms with E-state index in [0.29, 0.717) is 30.4 Å². The van der Waals surface area contributed by atoms with Crippen molar-refractivity contribution in [3.63, 3.8) is 0 Å². The van der Waals surface area contributed by atoms with Gasteiger partial charge in [0.2, 0.25) is 5.65 Å². The van der Waals surface area contributed by atoms with Crippen molar-refractivity contribution >= 4 is 11.5 Å². The number of pyridine rings is 1. The maximum absolute atomic E-state index is 11.9. The van der Waals surface area contributed by atoms with Crippen LogP contribution in [0.1, 0.15) is 32.2 Å². The minimum absolute atomic E-state index is 0.189. The Balaban J connectivity index is 1.74. The van der Waals surface area contributed by atoms with Crippen LogP contribution in [0.2, 0.25) is 0 Å². The van der Waals surface area contributed by atoms with Gasteiger partial charge in [0.15, 0.2) is 5.82 Å².